The molecule has 0 saturated heterocycles. The molecule has 0 aliphatic heterocycles. The topological polar surface area (TPSA) is 35.2 Å². The molecule has 1 aliphatic rings. The van der Waals surface area contributed by atoms with Crippen LogP contribution in [0.25, 0.3) is 0 Å². The Morgan fingerprint density at radius 2 is 2.13 bits per heavy atom. The van der Waals surface area contributed by atoms with E-state index in [-0.39, 0.29) is 5.41 Å². The van der Waals surface area contributed by atoms with E-state index < -0.39 is 0 Å². The molecule has 0 aromatic heterocycles. The zero-order chi connectivity index (χ0) is 10.9. The van der Waals surface area contributed by atoms with Crippen LogP contribution in [0.2, 0.25) is 0 Å². The molecule has 1 fully saturated rings. The lowest BCUT2D eigenvalue weighted by molar-refractivity contribution is 0.408. The lowest BCUT2D eigenvalue weighted by atomic mass is 9.90. The minimum Gasteiger partial charge on any atom is -0.496 e. The molecule has 2 N–H and O–H groups in total. The summed E-state index contributed by atoms with van der Waals surface area (Å²) in [6, 6.07) is 6.32. The third kappa shape index (κ3) is 1.63. The van der Waals surface area contributed by atoms with Crippen LogP contribution in [-0.2, 0) is 11.8 Å². The molecule has 0 amide bonds. The molecule has 2 heteroatoms. The van der Waals surface area contributed by atoms with Gasteiger partial charge in [0.1, 0.15) is 5.75 Å². The van der Waals surface area contributed by atoms with Crippen molar-refractivity contribution in [1.29, 1.82) is 0 Å². The minimum absolute atomic E-state index is 0.264. The molecular weight excluding hydrogens is 186 g/mol. The zero-order valence-electron chi connectivity index (χ0n) is 9.55. The summed E-state index contributed by atoms with van der Waals surface area (Å²) < 4.78 is 5.40. The molecule has 0 heterocycles. The number of benzene rings is 1. The highest BCUT2D eigenvalue weighted by atomic mass is 16.5. The van der Waals surface area contributed by atoms with Crippen LogP contribution in [0.1, 0.15) is 30.9 Å². The maximum atomic E-state index is 5.88. The van der Waals surface area contributed by atoms with Gasteiger partial charge < -0.3 is 10.5 Å². The van der Waals surface area contributed by atoms with Crippen LogP contribution >= 0.6 is 0 Å². The van der Waals surface area contributed by atoms with E-state index >= 15 is 0 Å². The maximum absolute atomic E-state index is 5.88. The molecule has 0 unspecified atom stereocenters. The van der Waals surface area contributed by atoms with E-state index in [9.17, 15) is 0 Å². The summed E-state index contributed by atoms with van der Waals surface area (Å²) in [4.78, 5) is 0. The number of methoxy groups -OCH3 is 1. The summed E-state index contributed by atoms with van der Waals surface area (Å²) in [5, 5.41) is 0. The molecular formula is C13H19NO. The lowest BCUT2D eigenvalue weighted by Gasteiger charge is -2.19. The van der Waals surface area contributed by atoms with Crippen molar-refractivity contribution in [3.63, 3.8) is 0 Å². The second-order valence-electron chi connectivity index (χ2n) is 4.32. The van der Waals surface area contributed by atoms with Gasteiger partial charge in [-0.05, 0) is 36.5 Å². The zero-order valence-corrected chi connectivity index (χ0v) is 9.55. The Kier molecular flexibility index (Phi) is 2.70. The van der Waals surface area contributed by atoms with E-state index in [2.05, 4.69) is 19.1 Å². The van der Waals surface area contributed by atoms with Crippen molar-refractivity contribution >= 4 is 0 Å². The molecule has 1 aromatic carbocycles. The average molecular weight is 205 g/mol. The van der Waals surface area contributed by atoms with Crippen LogP contribution in [0.3, 0.4) is 0 Å². The van der Waals surface area contributed by atoms with Crippen LogP contribution in [-0.4, -0.2) is 13.7 Å². The quantitative estimate of drug-likeness (QED) is 0.818. The van der Waals surface area contributed by atoms with Crippen LogP contribution < -0.4 is 10.5 Å². The van der Waals surface area contributed by atoms with Crippen molar-refractivity contribution in [2.75, 3.05) is 13.7 Å². The Morgan fingerprint density at radius 3 is 2.60 bits per heavy atom. The van der Waals surface area contributed by atoms with E-state index in [4.69, 9.17) is 10.5 Å². The van der Waals surface area contributed by atoms with Crippen molar-refractivity contribution < 1.29 is 4.74 Å². The lowest BCUT2D eigenvalue weighted by Crippen LogP contribution is -2.21. The van der Waals surface area contributed by atoms with E-state index in [0.29, 0.717) is 0 Å². The molecule has 2 rings (SSSR count). The molecule has 15 heavy (non-hydrogen) atoms. The van der Waals surface area contributed by atoms with Crippen molar-refractivity contribution in [3.8, 4) is 5.75 Å². The highest BCUT2D eigenvalue weighted by Crippen LogP contribution is 2.49. The summed E-state index contributed by atoms with van der Waals surface area (Å²) in [5.74, 6) is 1.01. The third-order valence-corrected chi connectivity index (χ3v) is 3.52. The van der Waals surface area contributed by atoms with Gasteiger partial charge in [-0.2, -0.15) is 0 Å². The maximum Gasteiger partial charge on any atom is 0.122 e. The fourth-order valence-corrected chi connectivity index (χ4v) is 2.35. The highest BCUT2D eigenvalue weighted by Gasteiger charge is 2.44. The fourth-order valence-electron chi connectivity index (χ4n) is 2.35. The van der Waals surface area contributed by atoms with E-state index in [0.717, 1.165) is 18.7 Å². The Labute approximate surface area is 91.4 Å². The first-order valence-corrected chi connectivity index (χ1v) is 5.64. The molecule has 0 bridgehead atoms. The number of rotatable bonds is 4. The largest absolute Gasteiger partial charge is 0.496 e. The summed E-state index contributed by atoms with van der Waals surface area (Å²) >= 11 is 0. The van der Waals surface area contributed by atoms with Gasteiger partial charge in [-0.25, -0.2) is 0 Å². The molecule has 1 saturated carbocycles. The molecule has 1 aliphatic carbocycles. The Morgan fingerprint density at radius 1 is 1.40 bits per heavy atom. The fraction of sp³-hybridized carbons (Fsp3) is 0.538. The van der Waals surface area contributed by atoms with Gasteiger partial charge in [0.05, 0.1) is 7.11 Å². The van der Waals surface area contributed by atoms with Crippen LogP contribution in [0.5, 0.6) is 5.75 Å². The van der Waals surface area contributed by atoms with Gasteiger partial charge in [0.25, 0.3) is 0 Å². The normalized spacial score (nSPS) is 17.5. The predicted octanol–water partition coefficient (Wildman–Crippen LogP) is 2.25. The Balaban J connectivity index is 2.47. The van der Waals surface area contributed by atoms with Gasteiger partial charge in [0, 0.05) is 12.0 Å². The van der Waals surface area contributed by atoms with Crippen molar-refractivity contribution in [1.82, 2.24) is 0 Å². The second-order valence-corrected chi connectivity index (χ2v) is 4.32. The predicted molar refractivity (Wildman–Crippen MR) is 62.3 cm³/mol. The van der Waals surface area contributed by atoms with Crippen LogP contribution in [0.15, 0.2) is 18.2 Å². The van der Waals surface area contributed by atoms with Gasteiger partial charge in [0.15, 0.2) is 0 Å². The van der Waals surface area contributed by atoms with Gasteiger partial charge >= 0.3 is 0 Å². The van der Waals surface area contributed by atoms with Crippen LogP contribution in [0.4, 0.5) is 0 Å². The molecule has 82 valence electrons. The van der Waals surface area contributed by atoms with Crippen molar-refractivity contribution in [3.05, 3.63) is 29.3 Å². The van der Waals surface area contributed by atoms with Crippen LogP contribution in [0, 0.1) is 0 Å². The van der Waals surface area contributed by atoms with Gasteiger partial charge in [-0.1, -0.05) is 19.1 Å². The number of ether oxygens (including phenoxy) is 1. The smallest absolute Gasteiger partial charge is 0.122 e. The summed E-state index contributed by atoms with van der Waals surface area (Å²) in [5.41, 5.74) is 8.88. The summed E-state index contributed by atoms with van der Waals surface area (Å²) in [6.07, 6.45) is 3.47. The third-order valence-electron chi connectivity index (χ3n) is 3.52. The number of nitrogens with two attached hydrogens (primary N) is 1. The Bertz CT molecular complexity index is 356. The monoisotopic (exact) mass is 205 g/mol. The Hall–Kier alpha value is -1.02. The number of hydrogen-bond acceptors (Lipinski definition) is 2. The second kappa shape index (κ2) is 3.86. The highest BCUT2D eigenvalue weighted by molar-refractivity contribution is 5.47. The first kappa shape index (κ1) is 10.5. The molecule has 0 spiro atoms. The number of hydrogen-bond donors (Lipinski definition) is 1. The minimum atomic E-state index is 0.264. The van der Waals surface area contributed by atoms with E-state index in [1.807, 2.05) is 6.07 Å². The first-order chi connectivity index (χ1) is 7.27. The van der Waals surface area contributed by atoms with Gasteiger partial charge in [-0.15, -0.1) is 0 Å². The van der Waals surface area contributed by atoms with Crippen molar-refractivity contribution in [2.24, 2.45) is 5.73 Å². The van der Waals surface area contributed by atoms with E-state index in [1.165, 1.54) is 24.0 Å². The van der Waals surface area contributed by atoms with Gasteiger partial charge in [0.2, 0.25) is 0 Å². The average Bonchev–Trinajstić information content (AvgIpc) is 3.08. The summed E-state index contributed by atoms with van der Waals surface area (Å²) in [6.45, 7) is 2.93. The van der Waals surface area contributed by atoms with Gasteiger partial charge in [-0.3, -0.25) is 0 Å². The van der Waals surface area contributed by atoms with E-state index in [1.54, 1.807) is 7.11 Å². The standard InChI is InChI=1S/C13H19NO/c1-3-10-11(13(9-14)7-8-13)5-4-6-12(10)15-2/h4-6H,3,7-9,14H2,1-2H3. The summed E-state index contributed by atoms with van der Waals surface area (Å²) in [7, 11) is 1.74. The molecule has 1 aromatic rings. The molecule has 0 atom stereocenters. The SMILES string of the molecule is CCc1c(OC)cccc1C1(CN)CC1. The molecule has 0 radical (unpaired) electrons. The first-order valence-electron chi connectivity index (χ1n) is 5.64. The molecule has 2 nitrogen and oxygen atoms in total. The van der Waals surface area contributed by atoms with Crippen molar-refractivity contribution in [2.45, 2.75) is 31.6 Å².